The van der Waals surface area contributed by atoms with Crippen molar-refractivity contribution in [1.29, 1.82) is 0 Å². The van der Waals surface area contributed by atoms with Gasteiger partial charge < -0.3 is 10.4 Å². The van der Waals surface area contributed by atoms with E-state index in [1.165, 1.54) is 49.7 Å². The number of benzene rings is 2. The van der Waals surface area contributed by atoms with Crippen LogP contribution in [0.4, 0.5) is 0 Å². The van der Waals surface area contributed by atoms with Crippen molar-refractivity contribution < 1.29 is 5.11 Å². The van der Waals surface area contributed by atoms with Gasteiger partial charge in [0, 0.05) is 23.9 Å². The van der Waals surface area contributed by atoms with E-state index in [0.717, 1.165) is 25.7 Å². The Kier molecular flexibility index (Phi) is 9.81. The maximum Gasteiger partial charge on any atom is 0.0737 e. The lowest BCUT2D eigenvalue weighted by molar-refractivity contribution is -0.126. The van der Waals surface area contributed by atoms with Crippen LogP contribution in [-0.2, 0) is 0 Å². The Bertz CT molecular complexity index is 761. The van der Waals surface area contributed by atoms with Crippen LogP contribution in [0.5, 0.6) is 0 Å². The molecule has 1 heterocycles. The predicted octanol–water partition coefficient (Wildman–Crippen LogP) is 8.00. The quantitative estimate of drug-likeness (QED) is 0.331. The zero-order chi connectivity index (χ0) is 22.8. The fourth-order valence-corrected chi connectivity index (χ4v) is 5.91. The van der Waals surface area contributed by atoms with Gasteiger partial charge in [-0.15, -0.1) is 0 Å². The summed E-state index contributed by atoms with van der Waals surface area (Å²) >= 11 is 0. The Balaban J connectivity index is 1.84. The van der Waals surface area contributed by atoms with Crippen molar-refractivity contribution in [2.75, 3.05) is 0 Å². The number of nitrogens with one attached hydrogen (secondary N) is 1. The van der Waals surface area contributed by atoms with Crippen molar-refractivity contribution in [3.8, 4) is 0 Å². The normalized spacial score (nSPS) is 28.0. The second kappa shape index (κ2) is 12.6. The first-order chi connectivity index (χ1) is 15.6. The van der Waals surface area contributed by atoms with Gasteiger partial charge in [-0.2, -0.15) is 0 Å². The van der Waals surface area contributed by atoms with E-state index < -0.39 is 5.60 Å². The van der Waals surface area contributed by atoms with Gasteiger partial charge in [-0.3, -0.25) is 0 Å². The lowest BCUT2D eigenvalue weighted by Gasteiger charge is -2.53. The molecule has 0 aromatic heterocycles. The first-order valence-corrected chi connectivity index (χ1v) is 13.2. The van der Waals surface area contributed by atoms with E-state index in [1.54, 1.807) is 0 Å². The molecule has 2 aromatic rings. The summed E-state index contributed by atoms with van der Waals surface area (Å²) in [7, 11) is 0. The third-order valence-electron chi connectivity index (χ3n) is 7.79. The van der Waals surface area contributed by atoms with Crippen LogP contribution in [0.25, 0.3) is 0 Å². The molecular weight excluding hydrogens is 390 g/mol. The van der Waals surface area contributed by atoms with Crippen molar-refractivity contribution in [2.45, 2.75) is 103 Å². The summed E-state index contributed by atoms with van der Waals surface area (Å²) in [6.07, 6.45) is 12.0. The molecule has 2 nitrogen and oxygen atoms in total. The average Bonchev–Trinajstić information content (AvgIpc) is 2.83. The van der Waals surface area contributed by atoms with Crippen LogP contribution >= 0.6 is 0 Å². The number of piperidine rings is 1. The van der Waals surface area contributed by atoms with E-state index in [2.05, 4.69) is 86.8 Å². The second-order valence-electron chi connectivity index (χ2n) is 9.99. The monoisotopic (exact) mass is 435 g/mol. The van der Waals surface area contributed by atoms with Crippen molar-refractivity contribution >= 4 is 0 Å². The van der Waals surface area contributed by atoms with Crippen molar-refractivity contribution in [2.24, 2.45) is 11.8 Å². The van der Waals surface area contributed by atoms with Gasteiger partial charge in [-0.1, -0.05) is 133 Å². The predicted molar refractivity (Wildman–Crippen MR) is 137 cm³/mol. The SMILES string of the molecule is CCCCCCCCC[C@]1(O)[C@H](C)[C@H](c2ccccc2)N[C@@H](c2ccccc2)[C@@H]1CCC. The number of hydrogen-bond donors (Lipinski definition) is 2. The maximum absolute atomic E-state index is 12.4. The molecule has 0 saturated carbocycles. The van der Waals surface area contributed by atoms with E-state index in [9.17, 15) is 5.11 Å². The van der Waals surface area contributed by atoms with Crippen molar-refractivity contribution in [3.05, 3.63) is 71.8 Å². The molecule has 1 aliphatic heterocycles. The van der Waals surface area contributed by atoms with E-state index >= 15 is 0 Å². The third-order valence-corrected chi connectivity index (χ3v) is 7.79. The molecule has 0 aliphatic carbocycles. The minimum Gasteiger partial charge on any atom is -0.389 e. The Morgan fingerprint density at radius 2 is 1.25 bits per heavy atom. The molecule has 0 radical (unpaired) electrons. The standard InChI is InChI=1S/C30H45NO/c1-4-6-7-8-9-10-17-23-30(32)24(3)28(25-19-13-11-14-20-25)31-29(27(30)18-5-2)26-21-15-12-16-22-26/h11-16,19-22,24,27-29,31-32H,4-10,17-18,23H2,1-3H3/t24-,27+,28-,29+,30+/m1/s1. The highest BCUT2D eigenvalue weighted by atomic mass is 16.3. The second-order valence-corrected chi connectivity index (χ2v) is 9.99. The zero-order valence-electron chi connectivity index (χ0n) is 20.6. The summed E-state index contributed by atoms with van der Waals surface area (Å²) in [5.74, 6) is 0.395. The molecule has 0 spiro atoms. The molecule has 5 atom stereocenters. The van der Waals surface area contributed by atoms with Crippen molar-refractivity contribution in [1.82, 2.24) is 5.32 Å². The minimum atomic E-state index is -0.661. The van der Waals surface area contributed by atoms with Gasteiger partial charge in [0.15, 0.2) is 0 Å². The molecule has 0 amide bonds. The van der Waals surface area contributed by atoms with Gasteiger partial charge in [0.25, 0.3) is 0 Å². The molecule has 176 valence electrons. The number of unbranched alkanes of at least 4 members (excludes halogenated alkanes) is 6. The number of aliphatic hydroxyl groups is 1. The van der Waals surface area contributed by atoms with Gasteiger partial charge in [0.1, 0.15) is 0 Å². The number of hydrogen-bond acceptors (Lipinski definition) is 2. The topological polar surface area (TPSA) is 32.3 Å². The van der Waals surface area contributed by atoms with Crippen LogP contribution in [-0.4, -0.2) is 10.7 Å². The lowest BCUT2D eigenvalue weighted by Crippen LogP contribution is -2.58. The highest BCUT2D eigenvalue weighted by molar-refractivity contribution is 5.28. The van der Waals surface area contributed by atoms with E-state index in [-0.39, 0.29) is 23.9 Å². The number of rotatable bonds is 12. The first kappa shape index (κ1) is 25.0. The molecule has 32 heavy (non-hydrogen) atoms. The Morgan fingerprint density at radius 1 is 0.719 bits per heavy atom. The van der Waals surface area contributed by atoms with Gasteiger partial charge in [0.2, 0.25) is 0 Å². The fourth-order valence-electron chi connectivity index (χ4n) is 5.91. The van der Waals surface area contributed by atoms with Crippen LogP contribution < -0.4 is 5.32 Å². The van der Waals surface area contributed by atoms with E-state index in [4.69, 9.17) is 0 Å². The Labute approximate surface area is 196 Å². The summed E-state index contributed by atoms with van der Waals surface area (Å²) in [6.45, 7) is 6.80. The van der Waals surface area contributed by atoms with Gasteiger partial charge in [0.05, 0.1) is 5.60 Å². The summed E-state index contributed by atoms with van der Waals surface area (Å²) in [6, 6.07) is 21.9. The molecule has 2 N–H and O–H groups in total. The van der Waals surface area contributed by atoms with Gasteiger partial charge in [-0.25, -0.2) is 0 Å². The molecule has 2 heteroatoms. The molecule has 1 aliphatic rings. The summed E-state index contributed by atoms with van der Waals surface area (Å²) < 4.78 is 0. The van der Waals surface area contributed by atoms with Crippen molar-refractivity contribution in [3.63, 3.8) is 0 Å². The zero-order valence-corrected chi connectivity index (χ0v) is 20.6. The fraction of sp³-hybridized carbons (Fsp3) is 0.600. The van der Waals surface area contributed by atoms with Gasteiger partial charge >= 0.3 is 0 Å². The van der Waals surface area contributed by atoms with Crippen LogP contribution in [0, 0.1) is 11.8 Å². The first-order valence-electron chi connectivity index (χ1n) is 13.2. The maximum atomic E-state index is 12.4. The van der Waals surface area contributed by atoms with Crippen LogP contribution in [0.3, 0.4) is 0 Å². The van der Waals surface area contributed by atoms with Crippen LogP contribution in [0.1, 0.15) is 108 Å². The van der Waals surface area contributed by atoms with Crippen LogP contribution in [0.15, 0.2) is 60.7 Å². The molecule has 2 aromatic carbocycles. The molecular formula is C30H45NO. The summed E-state index contributed by atoms with van der Waals surface area (Å²) in [5, 5.41) is 16.4. The smallest absolute Gasteiger partial charge is 0.0737 e. The van der Waals surface area contributed by atoms with Crippen LogP contribution in [0.2, 0.25) is 0 Å². The molecule has 0 unspecified atom stereocenters. The highest BCUT2D eigenvalue weighted by Crippen LogP contribution is 2.50. The average molecular weight is 436 g/mol. The Hall–Kier alpha value is -1.64. The minimum absolute atomic E-state index is 0.157. The molecule has 1 fully saturated rings. The Morgan fingerprint density at radius 3 is 1.81 bits per heavy atom. The molecule has 1 saturated heterocycles. The van der Waals surface area contributed by atoms with E-state index in [1.807, 2.05) is 0 Å². The van der Waals surface area contributed by atoms with E-state index in [0.29, 0.717) is 0 Å². The molecule has 0 bridgehead atoms. The summed E-state index contributed by atoms with van der Waals surface area (Å²) in [4.78, 5) is 0. The summed E-state index contributed by atoms with van der Waals surface area (Å²) in [5.41, 5.74) is 1.93. The highest BCUT2D eigenvalue weighted by Gasteiger charge is 2.52. The largest absolute Gasteiger partial charge is 0.389 e. The third kappa shape index (κ3) is 6.02. The lowest BCUT2D eigenvalue weighted by atomic mass is 9.62. The van der Waals surface area contributed by atoms with Gasteiger partial charge in [-0.05, 0) is 24.0 Å². The molecule has 3 rings (SSSR count).